The van der Waals surface area contributed by atoms with Gasteiger partial charge in [0.05, 0.1) is 19.8 Å². The standard InChI is InChI=1S/C35H69O10P/c1-3-5-7-9-11-13-14-15-16-17-18-19-21-23-25-27-35(39)45-33(31-44-46(40,41)43-29-32(37)28-36)30-42-34(38)26-24-22-20-12-10-8-6-4-2/h32-33,36-37H,3-31H2,1-2H3,(H,40,41)/t32-,33+/m1/s1. The Hall–Kier alpha value is -1.03. The first kappa shape index (κ1) is 45.0. The zero-order chi connectivity index (χ0) is 34.1. The van der Waals surface area contributed by atoms with E-state index in [-0.39, 0.29) is 19.4 Å². The highest BCUT2D eigenvalue weighted by Gasteiger charge is 2.27. The lowest BCUT2D eigenvalue weighted by molar-refractivity contribution is -0.161. The Labute approximate surface area is 280 Å². The fraction of sp³-hybridized carbons (Fsp3) is 0.943. The van der Waals surface area contributed by atoms with Crippen molar-refractivity contribution in [2.45, 2.75) is 187 Å². The number of aliphatic hydroxyl groups is 2. The van der Waals surface area contributed by atoms with E-state index in [1.54, 1.807) is 0 Å². The molecular formula is C35H69O10P. The summed E-state index contributed by atoms with van der Waals surface area (Å²) in [5.74, 6) is -0.921. The van der Waals surface area contributed by atoms with Crippen molar-refractivity contribution < 1.29 is 47.8 Å². The second kappa shape index (κ2) is 32.5. The number of rotatable bonds is 35. The molecule has 0 aromatic heterocycles. The highest BCUT2D eigenvalue weighted by molar-refractivity contribution is 7.47. The van der Waals surface area contributed by atoms with Crippen molar-refractivity contribution >= 4 is 19.8 Å². The minimum Gasteiger partial charge on any atom is -0.462 e. The van der Waals surface area contributed by atoms with Crippen molar-refractivity contribution in [1.29, 1.82) is 0 Å². The first-order chi connectivity index (χ1) is 22.2. The molecule has 0 amide bonds. The molecule has 274 valence electrons. The van der Waals surface area contributed by atoms with Crippen LogP contribution in [-0.2, 0) is 32.7 Å². The number of carbonyl (C=O) groups excluding carboxylic acids is 2. The Morgan fingerprint density at radius 1 is 0.565 bits per heavy atom. The summed E-state index contributed by atoms with van der Waals surface area (Å²) in [4.78, 5) is 34.6. The van der Waals surface area contributed by atoms with Crippen molar-refractivity contribution in [3.05, 3.63) is 0 Å². The van der Waals surface area contributed by atoms with Gasteiger partial charge in [-0.2, -0.15) is 0 Å². The third kappa shape index (κ3) is 31.6. The van der Waals surface area contributed by atoms with Gasteiger partial charge in [0.15, 0.2) is 6.10 Å². The SMILES string of the molecule is CCCCCCCCCCCCCCCCCC(=O)O[C@@H](COC(=O)CCCCCCCCCC)COP(=O)(O)OC[C@H](O)CO. The average Bonchev–Trinajstić information content (AvgIpc) is 3.04. The van der Waals surface area contributed by atoms with Gasteiger partial charge in [-0.3, -0.25) is 18.6 Å². The molecule has 11 heteroatoms. The summed E-state index contributed by atoms with van der Waals surface area (Å²) in [7, 11) is -4.60. The van der Waals surface area contributed by atoms with Gasteiger partial charge in [0, 0.05) is 12.8 Å². The molecule has 0 saturated carbocycles. The number of phosphoric acid groups is 1. The van der Waals surface area contributed by atoms with E-state index in [4.69, 9.17) is 19.1 Å². The molecule has 0 spiro atoms. The summed E-state index contributed by atoms with van der Waals surface area (Å²) in [6.07, 6.45) is 25.1. The Morgan fingerprint density at radius 3 is 1.35 bits per heavy atom. The molecule has 3 N–H and O–H groups in total. The van der Waals surface area contributed by atoms with Crippen LogP contribution < -0.4 is 0 Å². The van der Waals surface area contributed by atoms with Gasteiger partial charge in [-0.1, -0.05) is 149 Å². The number of hydrogen-bond donors (Lipinski definition) is 3. The van der Waals surface area contributed by atoms with E-state index in [9.17, 15) is 24.2 Å². The molecule has 10 nitrogen and oxygen atoms in total. The molecule has 0 aromatic rings. The predicted molar refractivity (Wildman–Crippen MR) is 182 cm³/mol. The monoisotopic (exact) mass is 680 g/mol. The molecule has 0 saturated heterocycles. The zero-order valence-electron chi connectivity index (χ0n) is 29.3. The van der Waals surface area contributed by atoms with Crippen LogP contribution >= 0.6 is 7.82 Å². The van der Waals surface area contributed by atoms with Crippen LogP contribution in [0.15, 0.2) is 0 Å². The van der Waals surface area contributed by atoms with Crippen LogP contribution in [0.2, 0.25) is 0 Å². The summed E-state index contributed by atoms with van der Waals surface area (Å²) in [5, 5.41) is 18.2. The van der Waals surface area contributed by atoms with Crippen molar-refractivity contribution in [2.75, 3.05) is 26.4 Å². The van der Waals surface area contributed by atoms with Gasteiger partial charge < -0.3 is 24.6 Å². The predicted octanol–water partition coefficient (Wildman–Crippen LogP) is 8.72. The molecular weight excluding hydrogens is 611 g/mol. The number of hydrogen-bond acceptors (Lipinski definition) is 9. The molecule has 0 bridgehead atoms. The van der Waals surface area contributed by atoms with Crippen LogP contribution in [0, 0.1) is 0 Å². The van der Waals surface area contributed by atoms with Gasteiger partial charge in [0.25, 0.3) is 0 Å². The molecule has 0 radical (unpaired) electrons. The minimum atomic E-state index is -4.60. The number of ether oxygens (including phenoxy) is 2. The maximum atomic E-state index is 12.5. The number of phosphoric ester groups is 1. The van der Waals surface area contributed by atoms with E-state index in [0.717, 1.165) is 38.5 Å². The Bertz CT molecular complexity index is 751. The lowest BCUT2D eigenvalue weighted by atomic mass is 10.0. The summed E-state index contributed by atoms with van der Waals surface area (Å²) < 4.78 is 32.5. The molecule has 0 aliphatic carbocycles. The van der Waals surface area contributed by atoms with Gasteiger partial charge in [-0.25, -0.2) is 4.57 Å². The van der Waals surface area contributed by atoms with E-state index in [0.29, 0.717) is 12.8 Å². The second-order valence-corrected chi connectivity index (χ2v) is 14.1. The molecule has 1 unspecified atom stereocenters. The van der Waals surface area contributed by atoms with Crippen LogP contribution in [0.1, 0.15) is 174 Å². The molecule has 46 heavy (non-hydrogen) atoms. The summed E-state index contributed by atoms with van der Waals surface area (Å²) >= 11 is 0. The Kier molecular flexibility index (Phi) is 31.8. The molecule has 0 rings (SSSR count). The van der Waals surface area contributed by atoms with E-state index >= 15 is 0 Å². The lowest BCUT2D eigenvalue weighted by Crippen LogP contribution is -2.29. The Morgan fingerprint density at radius 2 is 0.935 bits per heavy atom. The third-order valence-electron chi connectivity index (χ3n) is 8.01. The smallest absolute Gasteiger partial charge is 0.462 e. The highest BCUT2D eigenvalue weighted by Crippen LogP contribution is 2.43. The average molecular weight is 681 g/mol. The van der Waals surface area contributed by atoms with Crippen molar-refractivity contribution in [1.82, 2.24) is 0 Å². The summed E-state index contributed by atoms with van der Waals surface area (Å²) in [6.45, 7) is 2.35. The quantitative estimate of drug-likeness (QED) is 0.0337. The number of carbonyl (C=O) groups is 2. The topological polar surface area (TPSA) is 149 Å². The second-order valence-electron chi connectivity index (χ2n) is 12.6. The van der Waals surface area contributed by atoms with Crippen LogP contribution in [0.3, 0.4) is 0 Å². The lowest BCUT2D eigenvalue weighted by Gasteiger charge is -2.20. The van der Waals surface area contributed by atoms with Crippen LogP contribution in [0.4, 0.5) is 0 Å². The van der Waals surface area contributed by atoms with Crippen LogP contribution in [0.25, 0.3) is 0 Å². The molecule has 0 fully saturated rings. The van der Waals surface area contributed by atoms with Gasteiger partial charge in [-0.05, 0) is 12.8 Å². The molecule has 0 heterocycles. The van der Waals surface area contributed by atoms with Gasteiger partial charge in [0.1, 0.15) is 12.7 Å². The highest BCUT2D eigenvalue weighted by atomic mass is 31.2. The number of unbranched alkanes of at least 4 members (excludes halogenated alkanes) is 21. The Balaban J connectivity index is 4.31. The molecule has 3 atom stereocenters. The normalized spacial score (nSPS) is 14.1. The van der Waals surface area contributed by atoms with Crippen LogP contribution in [0.5, 0.6) is 0 Å². The van der Waals surface area contributed by atoms with Crippen LogP contribution in [-0.4, -0.2) is 65.7 Å². The van der Waals surface area contributed by atoms with E-state index < -0.39 is 51.8 Å². The van der Waals surface area contributed by atoms with Gasteiger partial charge in [-0.15, -0.1) is 0 Å². The molecule has 0 aromatic carbocycles. The van der Waals surface area contributed by atoms with Gasteiger partial charge >= 0.3 is 19.8 Å². The first-order valence-electron chi connectivity index (χ1n) is 18.5. The van der Waals surface area contributed by atoms with Crippen molar-refractivity contribution in [3.63, 3.8) is 0 Å². The fourth-order valence-electron chi connectivity index (χ4n) is 5.11. The summed E-state index contributed by atoms with van der Waals surface area (Å²) in [5.41, 5.74) is 0. The largest absolute Gasteiger partial charge is 0.472 e. The maximum absolute atomic E-state index is 12.5. The van der Waals surface area contributed by atoms with E-state index in [1.807, 2.05) is 0 Å². The van der Waals surface area contributed by atoms with E-state index in [1.165, 1.54) is 96.3 Å². The summed E-state index contributed by atoms with van der Waals surface area (Å²) in [6, 6.07) is 0. The third-order valence-corrected chi connectivity index (χ3v) is 8.96. The molecule has 0 aliphatic rings. The van der Waals surface area contributed by atoms with E-state index in [2.05, 4.69) is 18.4 Å². The molecule has 0 aliphatic heterocycles. The fourth-order valence-corrected chi connectivity index (χ4v) is 5.90. The first-order valence-corrected chi connectivity index (χ1v) is 20.0. The zero-order valence-corrected chi connectivity index (χ0v) is 30.2. The minimum absolute atomic E-state index is 0.191. The maximum Gasteiger partial charge on any atom is 0.472 e. The van der Waals surface area contributed by atoms with Gasteiger partial charge in [0.2, 0.25) is 0 Å². The number of esters is 2. The van der Waals surface area contributed by atoms with Crippen molar-refractivity contribution in [3.8, 4) is 0 Å². The van der Waals surface area contributed by atoms with Crippen molar-refractivity contribution in [2.24, 2.45) is 0 Å². The number of aliphatic hydroxyl groups excluding tert-OH is 2.